The van der Waals surface area contributed by atoms with Gasteiger partial charge in [0.1, 0.15) is 0 Å². The van der Waals surface area contributed by atoms with Crippen molar-refractivity contribution < 1.29 is 9.59 Å². The molecule has 2 aromatic carbocycles. The Hall–Kier alpha value is -2.59. The maximum atomic E-state index is 12.9. The molecule has 1 N–H and O–H groups in total. The van der Waals surface area contributed by atoms with Gasteiger partial charge < -0.3 is 10.2 Å². The fourth-order valence-electron chi connectivity index (χ4n) is 3.78. The lowest BCUT2D eigenvalue weighted by Gasteiger charge is -2.32. The molecule has 1 unspecified atom stereocenters. The van der Waals surface area contributed by atoms with Crippen molar-refractivity contribution in [3.05, 3.63) is 76.8 Å². The first-order valence-corrected chi connectivity index (χ1v) is 10.9. The Labute approximate surface area is 183 Å². The highest BCUT2D eigenvalue weighted by molar-refractivity contribution is 6.30. The third-order valence-electron chi connectivity index (χ3n) is 5.59. The summed E-state index contributed by atoms with van der Waals surface area (Å²) in [5.41, 5.74) is 2.06. The Balaban J connectivity index is 1.53. The first-order valence-electron chi connectivity index (χ1n) is 10.5. The molecule has 0 aromatic heterocycles. The van der Waals surface area contributed by atoms with Gasteiger partial charge in [-0.05, 0) is 48.1 Å². The quantitative estimate of drug-likeness (QED) is 0.655. The van der Waals surface area contributed by atoms with Crippen LogP contribution in [0, 0.1) is 11.8 Å². The average Bonchev–Trinajstić information content (AvgIpc) is 2.77. The van der Waals surface area contributed by atoms with E-state index in [0.29, 0.717) is 31.0 Å². The summed E-state index contributed by atoms with van der Waals surface area (Å²) in [5.74, 6) is 0.259. The number of rotatable bonds is 6. The molecule has 0 spiro atoms. The van der Waals surface area contributed by atoms with Gasteiger partial charge in [-0.2, -0.15) is 0 Å². The van der Waals surface area contributed by atoms with Crippen molar-refractivity contribution in [2.45, 2.75) is 32.7 Å². The summed E-state index contributed by atoms with van der Waals surface area (Å²) in [4.78, 5) is 27.2. The van der Waals surface area contributed by atoms with Crippen LogP contribution in [0.2, 0.25) is 5.02 Å². The Kier molecular flexibility index (Phi) is 7.69. The zero-order chi connectivity index (χ0) is 21.5. The maximum Gasteiger partial charge on any atom is 0.246 e. The van der Waals surface area contributed by atoms with E-state index in [2.05, 4.69) is 19.2 Å². The minimum atomic E-state index is -0.0688. The van der Waals surface area contributed by atoms with E-state index in [-0.39, 0.29) is 29.7 Å². The monoisotopic (exact) mass is 424 g/mol. The molecule has 5 heteroatoms. The van der Waals surface area contributed by atoms with Crippen molar-refractivity contribution >= 4 is 29.5 Å². The van der Waals surface area contributed by atoms with Gasteiger partial charge in [0, 0.05) is 30.1 Å². The summed E-state index contributed by atoms with van der Waals surface area (Å²) in [6.45, 7) is 5.40. The molecule has 0 saturated carbocycles. The highest BCUT2D eigenvalue weighted by Gasteiger charge is 2.29. The van der Waals surface area contributed by atoms with E-state index in [1.165, 1.54) is 0 Å². The second-order valence-corrected chi connectivity index (χ2v) is 8.56. The lowest BCUT2D eigenvalue weighted by molar-refractivity contribution is -0.132. The Morgan fingerprint density at radius 3 is 2.27 bits per heavy atom. The Morgan fingerprint density at radius 2 is 1.67 bits per heavy atom. The summed E-state index contributed by atoms with van der Waals surface area (Å²) >= 11 is 6.00. The molecule has 0 radical (unpaired) electrons. The van der Waals surface area contributed by atoms with Crippen molar-refractivity contribution in [3.63, 3.8) is 0 Å². The molecule has 1 aliphatic rings. The second kappa shape index (κ2) is 10.4. The number of benzene rings is 2. The smallest absolute Gasteiger partial charge is 0.246 e. The molecular formula is C25H29ClN2O2. The summed E-state index contributed by atoms with van der Waals surface area (Å²) in [7, 11) is 0. The van der Waals surface area contributed by atoms with Gasteiger partial charge in [-0.15, -0.1) is 0 Å². The molecule has 0 bridgehead atoms. The SMILES string of the molecule is CC(C)C(NC(=O)C1CCN(C(=O)C=Cc2ccccc2)CC1)c1ccc(Cl)cc1. The molecular weight excluding hydrogens is 396 g/mol. The Morgan fingerprint density at radius 1 is 1.03 bits per heavy atom. The third-order valence-corrected chi connectivity index (χ3v) is 5.84. The second-order valence-electron chi connectivity index (χ2n) is 8.13. The van der Waals surface area contributed by atoms with Crippen LogP contribution in [0.5, 0.6) is 0 Å². The minimum absolute atomic E-state index is 0.000988. The molecule has 158 valence electrons. The number of piperidine rings is 1. The van der Waals surface area contributed by atoms with Gasteiger partial charge in [0.05, 0.1) is 6.04 Å². The predicted molar refractivity (Wildman–Crippen MR) is 122 cm³/mol. The van der Waals surface area contributed by atoms with E-state index in [1.54, 1.807) is 6.08 Å². The number of hydrogen-bond donors (Lipinski definition) is 1. The fraction of sp³-hybridized carbons (Fsp3) is 0.360. The Bertz CT molecular complexity index is 870. The van der Waals surface area contributed by atoms with Gasteiger partial charge in [-0.3, -0.25) is 9.59 Å². The van der Waals surface area contributed by atoms with Crippen molar-refractivity contribution in [2.24, 2.45) is 11.8 Å². The first-order chi connectivity index (χ1) is 14.4. The summed E-state index contributed by atoms with van der Waals surface area (Å²) in [5, 5.41) is 3.90. The number of carbonyl (C=O) groups is 2. The average molecular weight is 425 g/mol. The van der Waals surface area contributed by atoms with E-state index >= 15 is 0 Å². The van der Waals surface area contributed by atoms with Crippen LogP contribution in [0.3, 0.4) is 0 Å². The van der Waals surface area contributed by atoms with Crippen LogP contribution in [0.25, 0.3) is 6.08 Å². The van der Waals surface area contributed by atoms with Crippen molar-refractivity contribution in [3.8, 4) is 0 Å². The molecule has 1 aliphatic heterocycles. The minimum Gasteiger partial charge on any atom is -0.349 e. The van der Waals surface area contributed by atoms with Crippen LogP contribution in [-0.4, -0.2) is 29.8 Å². The predicted octanol–water partition coefficient (Wildman–Crippen LogP) is 5.11. The molecule has 30 heavy (non-hydrogen) atoms. The number of likely N-dealkylation sites (tertiary alicyclic amines) is 1. The molecule has 1 heterocycles. The van der Waals surface area contributed by atoms with E-state index in [4.69, 9.17) is 11.6 Å². The van der Waals surface area contributed by atoms with Gasteiger partial charge in [0.15, 0.2) is 0 Å². The van der Waals surface area contributed by atoms with Crippen LogP contribution in [-0.2, 0) is 9.59 Å². The van der Waals surface area contributed by atoms with Gasteiger partial charge in [0.25, 0.3) is 0 Å². The lowest BCUT2D eigenvalue weighted by Crippen LogP contribution is -2.43. The van der Waals surface area contributed by atoms with Crippen LogP contribution in [0.4, 0.5) is 0 Å². The van der Waals surface area contributed by atoms with E-state index in [1.807, 2.05) is 65.6 Å². The van der Waals surface area contributed by atoms with Gasteiger partial charge >= 0.3 is 0 Å². The number of amides is 2. The number of nitrogens with zero attached hydrogens (tertiary/aromatic N) is 1. The zero-order valence-electron chi connectivity index (χ0n) is 17.6. The van der Waals surface area contributed by atoms with Crippen LogP contribution >= 0.6 is 11.6 Å². The molecule has 1 saturated heterocycles. The molecule has 4 nitrogen and oxygen atoms in total. The number of hydrogen-bond acceptors (Lipinski definition) is 2. The molecule has 3 rings (SSSR count). The van der Waals surface area contributed by atoms with Crippen LogP contribution < -0.4 is 5.32 Å². The largest absolute Gasteiger partial charge is 0.349 e. The number of nitrogens with one attached hydrogen (secondary N) is 1. The van der Waals surface area contributed by atoms with Gasteiger partial charge in [0.2, 0.25) is 11.8 Å². The summed E-state index contributed by atoms with van der Waals surface area (Å²) < 4.78 is 0. The first kappa shape index (κ1) is 22.1. The summed E-state index contributed by atoms with van der Waals surface area (Å²) in [6, 6.07) is 17.4. The molecule has 1 atom stereocenters. The molecule has 2 amide bonds. The number of carbonyl (C=O) groups excluding carboxylic acids is 2. The highest BCUT2D eigenvalue weighted by atomic mass is 35.5. The highest BCUT2D eigenvalue weighted by Crippen LogP contribution is 2.25. The van der Waals surface area contributed by atoms with Crippen LogP contribution in [0.15, 0.2) is 60.7 Å². The van der Waals surface area contributed by atoms with Crippen molar-refractivity contribution in [1.82, 2.24) is 10.2 Å². The normalized spacial score (nSPS) is 16.1. The third kappa shape index (κ3) is 5.96. The van der Waals surface area contributed by atoms with Gasteiger partial charge in [-0.1, -0.05) is 67.9 Å². The van der Waals surface area contributed by atoms with E-state index < -0.39 is 0 Å². The zero-order valence-corrected chi connectivity index (χ0v) is 18.3. The van der Waals surface area contributed by atoms with Crippen LogP contribution in [0.1, 0.15) is 43.9 Å². The topological polar surface area (TPSA) is 49.4 Å². The fourth-order valence-corrected chi connectivity index (χ4v) is 3.90. The van der Waals surface area contributed by atoms with Crippen molar-refractivity contribution in [2.75, 3.05) is 13.1 Å². The van der Waals surface area contributed by atoms with E-state index in [0.717, 1.165) is 11.1 Å². The maximum absolute atomic E-state index is 12.9. The van der Waals surface area contributed by atoms with Gasteiger partial charge in [-0.25, -0.2) is 0 Å². The van der Waals surface area contributed by atoms with E-state index in [9.17, 15) is 9.59 Å². The van der Waals surface area contributed by atoms with Crippen molar-refractivity contribution in [1.29, 1.82) is 0 Å². The number of halogens is 1. The lowest BCUT2D eigenvalue weighted by atomic mass is 9.92. The molecule has 1 fully saturated rings. The molecule has 2 aromatic rings. The summed E-state index contributed by atoms with van der Waals surface area (Å²) in [6.07, 6.45) is 4.82. The standard InChI is InChI=1S/C25H29ClN2O2/c1-18(2)24(20-9-11-22(26)12-10-20)27-25(30)21-14-16-28(17-15-21)23(29)13-8-19-6-4-3-5-7-19/h3-13,18,21,24H,14-17H2,1-2H3,(H,27,30). The molecule has 0 aliphatic carbocycles.